The molecule has 0 bridgehead atoms. The maximum Gasteiger partial charge on any atom is 0.182 e. The quantitative estimate of drug-likeness (QED) is 0.322. The summed E-state index contributed by atoms with van der Waals surface area (Å²) >= 11 is 11.2. The molecule has 5 aromatic rings. The summed E-state index contributed by atoms with van der Waals surface area (Å²) in [4.78, 5) is 10.1. The van der Waals surface area contributed by atoms with Gasteiger partial charge in [0.05, 0.1) is 10.4 Å². The van der Waals surface area contributed by atoms with Gasteiger partial charge in [-0.1, -0.05) is 51.8 Å². The van der Waals surface area contributed by atoms with Crippen molar-refractivity contribution < 1.29 is 4.74 Å². The molecule has 0 spiro atoms. The second kappa shape index (κ2) is 7.16. The number of thiophene rings is 1. The molecule has 5 rings (SSSR count). The Kier molecular flexibility index (Phi) is 4.50. The Hall–Kier alpha value is -2.48. The van der Waals surface area contributed by atoms with E-state index in [2.05, 4.69) is 26.0 Å². The Morgan fingerprint density at radius 3 is 2.79 bits per heavy atom. The zero-order valence-corrected chi connectivity index (χ0v) is 17.5. The fraction of sp³-hybridized carbons (Fsp3) is 0.0500. The molecule has 0 atom stereocenters. The number of aromatic nitrogens is 4. The van der Waals surface area contributed by atoms with Crippen LogP contribution in [-0.2, 0) is 6.61 Å². The van der Waals surface area contributed by atoms with Crippen molar-refractivity contribution in [2.24, 2.45) is 0 Å². The summed E-state index contributed by atoms with van der Waals surface area (Å²) in [6, 6.07) is 15.6. The first-order valence-corrected chi connectivity index (χ1v) is 10.5. The van der Waals surface area contributed by atoms with Crippen LogP contribution < -0.4 is 4.74 Å². The van der Waals surface area contributed by atoms with E-state index in [0.717, 1.165) is 31.5 Å². The van der Waals surface area contributed by atoms with Crippen molar-refractivity contribution in [2.75, 3.05) is 0 Å². The zero-order valence-electron chi connectivity index (χ0n) is 14.3. The van der Waals surface area contributed by atoms with E-state index in [9.17, 15) is 0 Å². The molecule has 3 heterocycles. The highest BCUT2D eigenvalue weighted by Crippen LogP contribution is 2.29. The standard InChI is InChI=1S/C20H12BrClN4OS/c21-14-5-6-17(16(22)9-14)27-10-12-1-3-13(4-2-12)18-24-19-15-7-8-28-20(15)23-11-26(19)25-18/h1-9,11H,10H2. The van der Waals surface area contributed by atoms with Crippen LogP contribution in [0, 0.1) is 0 Å². The highest BCUT2D eigenvalue weighted by atomic mass is 79.9. The van der Waals surface area contributed by atoms with Gasteiger partial charge in [-0.15, -0.1) is 16.4 Å². The van der Waals surface area contributed by atoms with E-state index in [4.69, 9.17) is 21.3 Å². The van der Waals surface area contributed by atoms with Crippen molar-refractivity contribution in [3.8, 4) is 17.1 Å². The van der Waals surface area contributed by atoms with E-state index in [-0.39, 0.29) is 0 Å². The van der Waals surface area contributed by atoms with Gasteiger partial charge in [0.15, 0.2) is 11.5 Å². The monoisotopic (exact) mass is 470 g/mol. The van der Waals surface area contributed by atoms with Gasteiger partial charge in [0.1, 0.15) is 23.5 Å². The van der Waals surface area contributed by atoms with Crippen LogP contribution in [0.5, 0.6) is 5.75 Å². The molecule has 28 heavy (non-hydrogen) atoms. The summed E-state index contributed by atoms with van der Waals surface area (Å²) in [6.45, 7) is 0.430. The second-order valence-corrected chi connectivity index (χ2v) is 8.37. The van der Waals surface area contributed by atoms with Crippen LogP contribution in [0.4, 0.5) is 0 Å². The molecule has 0 unspecified atom stereocenters. The van der Waals surface area contributed by atoms with Crippen molar-refractivity contribution in [1.29, 1.82) is 0 Å². The van der Waals surface area contributed by atoms with Crippen LogP contribution in [0.2, 0.25) is 5.02 Å². The van der Waals surface area contributed by atoms with Crippen molar-refractivity contribution in [3.63, 3.8) is 0 Å². The first kappa shape index (κ1) is 17.6. The largest absolute Gasteiger partial charge is 0.487 e. The molecule has 0 N–H and O–H groups in total. The van der Waals surface area contributed by atoms with E-state index in [0.29, 0.717) is 23.2 Å². The SMILES string of the molecule is Clc1cc(Br)ccc1OCc1ccc(-c2nc3c4ccsc4ncn3n2)cc1. The Labute approximate surface area is 177 Å². The van der Waals surface area contributed by atoms with E-state index in [1.54, 1.807) is 22.2 Å². The number of rotatable bonds is 4. The molecule has 0 amide bonds. The minimum atomic E-state index is 0.430. The van der Waals surface area contributed by atoms with E-state index in [1.165, 1.54) is 0 Å². The second-order valence-electron chi connectivity index (χ2n) is 6.15. The fourth-order valence-corrected chi connectivity index (χ4v) is 4.35. The lowest BCUT2D eigenvalue weighted by molar-refractivity contribution is 0.306. The highest BCUT2D eigenvalue weighted by Gasteiger charge is 2.11. The lowest BCUT2D eigenvalue weighted by atomic mass is 10.1. The number of nitrogens with zero attached hydrogens (tertiary/aromatic N) is 4. The maximum absolute atomic E-state index is 6.19. The zero-order chi connectivity index (χ0) is 19.1. The number of fused-ring (bicyclic) bond motifs is 3. The third-order valence-electron chi connectivity index (χ3n) is 4.30. The molecule has 2 aromatic carbocycles. The number of hydrogen-bond donors (Lipinski definition) is 0. The van der Waals surface area contributed by atoms with Gasteiger partial charge in [-0.3, -0.25) is 0 Å². The summed E-state index contributed by atoms with van der Waals surface area (Å²) in [5, 5.41) is 8.16. The Morgan fingerprint density at radius 2 is 1.96 bits per heavy atom. The molecule has 0 fully saturated rings. The molecule has 138 valence electrons. The molecule has 0 saturated heterocycles. The predicted molar refractivity (Wildman–Crippen MR) is 115 cm³/mol. The summed E-state index contributed by atoms with van der Waals surface area (Å²) < 4.78 is 8.46. The van der Waals surface area contributed by atoms with E-state index >= 15 is 0 Å². The first-order chi connectivity index (χ1) is 13.7. The predicted octanol–water partition coefficient (Wildman–Crippen LogP) is 6.00. The molecular formula is C20H12BrClN4OS. The molecule has 3 aromatic heterocycles. The lowest BCUT2D eigenvalue weighted by Gasteiger charge is -2.08. The number of benzene rings is 2. The Balaban J connectivity index is 1.38. The molecule has 0 aliphatic carbocycles. The lowest BCUT2D eigenvalue weighted by Crippen LogP contribution is -1.96. The summed E-state index contributed by atoms with van der Waals surface area (Å²) in [5.74, 6) is 1.33. The summed E-state index contributed by atoms with van der Waals surface area (Å²) in [6.07, 6.45) is 1.70. The van der Waals surface area contributed by atoms with Crippen molar-refractivity contribution in [2.45, 2.75) is 6.61 Å². The Morgan fingerprint density at radius 1 is 1.11 bits per heavy atom. The van der Waals surface area contributed by atoms with Gasteiger partial charge in [-0.05, 0) is 35.2 Å². The van der Waals surface area contributed by atoms with Gasteiger partial charge in [0, 0.05) is 10.0 Å². The average Bonchev–Trinajstić information content (AvgIpc) is 3.34. The van der Waals surface area contributed by atoms with Gasteiger partial charge in [0.25, 0.3) is 0 Å². The molecule has 8 heteroatoms. The van der Waals surface area contributed by atoms with Crippen LogP contribution in [0.25, 0.3) is 27.3 Å². The van der Waals surface area contributed by atoms with E-state index < -0.39 is 0 Å². The fourth-order valence-electron chi connectivity index (χ4n) is 2.89. The molecule has 0 radical (unpaired) electrons. The summed E-state index contributed by atoms with van der Waals surface area (Å²) in [7, 11) is 0. The van der Waals surface area contributed by atoms with Crippen LogP contribution in [0.15, 0.2) is 64.7 Å². The topological polar surface area (TPSA) is 52.3 Å². The van der Waals surface area contributed by atoms with Gasteiger partial charge in [-0.2, -0.15) is 0 Å². The van der Waals surface area contributed by atoms with Crippen molar-refractivity contribution in [1.82, 2.24) is 19.6 Å². The molecule has 5 nitrogen and oxygen atoms in total. The average molecular weight is 472 g/mol. The van der Waals surface area contributed by atoms with Crippen LogP contribution in [-0.4, -0.2) is 19.6 Å². The van der Waals surface area contributed by atoms with Crippen LogP contribution in [0.3, 0.4) is 0 Å². The van der Waals surface area contributed by atoms with E-state index in [1.807, 2.05) is 53.9 Å². The van der Waals surface area contributed by atoms with Gasteiger partial charge < -0.3 is 4.74 Å². The van der Waals surface area contributed by atoms with Crippen LogP contribution in [0.1, 0.15) is 5.56 Å². The number of ether oxygens (including phenoxy) is 1. The number of halogens is 2. The van der Waals surface area contributed by atoms with Crippen molar-refractivity contribution >= 4 is 54.7 Å². The normalized spacial score (nSPS) is 11.4. The van der Waals surface area contributed by atoms with Gasteiger partial charge in [-0.25, -0.2) is 14.5 Å². The maximum atomic E-state index is 6.19. The smallest absolute Gasteiger partial charge is 0.182 e. The van der Waals surface area contributed by atoms with Crippen LogP contribution >= 0.6 is 38.9 Å². The molecule has 0 saturated carbocycles. The Bertz CT molecular complexity index is 1300. The molecule has 0 aliphatic heterocycles. The van der Waals surface area contributed by atoms with Crippen molar-refractivity contribution in [3.05, 3.63) is 75.3 Å². The third-order valence-corrected chi connectivity index (χ3v) is 5.91. The van der Waals surface area contributed by atoms with Gasteiger partial charge >= 0.3 is 0 Å². The third kappa shape index (κ3) is 3.26. The molecular weight excluding hydrogens is 460 g/mol. The highest BCUT2D eigenvalue weighted by molar-refractivity contribution is 9.10. The minimum Gasteiger partial charge on any atom is -0.487 e. The summed E-state index contributed by atoms with van der Waals surface area (Å²) in [5.41, 5.74) is 2.80. The molecule has 0 aliphatic rings. The number of hydrogen-bond acceptors (Lipinski definition) is 5. The minimum absolute atomic E-state index is 0.430. The first-order valence-electron chi connectivity index (χ1n) is 8.43. The van der Waals surface area contributed by atoms with Gasteiger partial charge in [0.2, 0.25) is 0 Å².